The summed E-state index contributed by atoms with van der Waals surface area (Å²) in [5, 5.41) is 11.6. The first-order valence-corrected chi connectivity index (χ1v) is 8.30. The van der Waals surface area contributed by atoms with Gasteiger partial charge in [0.15, 0.2) is 6.10 Å². The van der Waals surface area contributed by atoms with Gasteiger partial charge in [-0.3, -0.25) is 0 Å². The van der Waals surface area contributed by atoms with Crippen LogP contribution in [0, 0.1) is 13.8 Å². The fourth-order valence-electron chi connectivity index (χ4n) is 2.37. The summed E-state index contributed by atoms with van der Waals surface area (Å²) in [6.45, 7) is 5.41. The van der Waals surface area contributed by atoms with E-state index in [0.29, 0.717) is 16.5 Å². The van der Waals surface area contributed by atoms with E-state index >= 15 is 0 Å². The zero-order valence-electron chi connectivity index (χ0n) is 14.5. The summed E-state index contributed by atoms with van der Waals surface area (Å²) in [7, 11) is 0. The van der Waals surface area contributed by atoms with E-state index in [4.69, 9.17) is 21.1 Å². The fraction of sp³-hybridized carbons (Fsp3) is 0.222. The summed E-state index contributed by atoms with van der Waals surface area (Å²) < 4.78 is 12.5. The van der Waals surface area contributed by atoms with E-state index < -0.39 is 12.1 Å². The van der Waals surface area contributed by atoms with Crippen LogP contribution in [-0.2, 0) is 4.79 Å². The van der Waals surface area contributed by atoms with Gasteiger partial charge in [0.2, 0.25) is 0 Å². The van der Waals surface area contributed by atoms with Crippen LogP contribution in [0.15, 0.2) is 42.7 Å². The van der Waals surface area contributed by atoms with Crippen molar-refractivity contribution < 1.29 is 14.3 Å². The maximum Gasteiger partial charge on any atom is 0.352 e. The summed E-state index contributed by atoms with van der Waals surface area (Å²) in [5.74, 6) is 0.485. The summed E-state index contributed by atoms with van der Waals surface area (Å²) in [6.07, 6.45) is 0.710. The Kier molecular flexibility index (Phi) is 5.18. The highest BCUT2D eigenvalue weighted by molar-refractivity contribution is 6.32. The third-order valence-corrected chi connectivity index (χ3v) is 4.32. The van der Waals surface area contributed by atoms with Crippen LogP contribution >= 0.6 is 11.6 Å². The minimum Gasteiger partial charge on any atom is -0.479 e. The predicted molar refractivity (Wildman–Crippen MR) is 95.8 cm³/mol. The van der Waals surface area contributed by atoms with Crippen molar-refractivity contribution in [1.29, 1.82) is 0 Å². The molecule has 3 rings (SSSR count). The SMILES string of the molecule is Cc1cc(O[C@@H](C)C(=O)Oc2ccc(-n3cnnn3)cc2)cc(C)c1Cl. The number of ether oxygens (including phenoxy) is 2. The summed E-state index contributed by atoms with van der Waals surface area (Å²) in [6, 6.07) is 10.4. The molecule has 0 saturated carbocycles. The van der Waals surface area contributed by atoms with E-state index in [0.717, 1.165) is 16.8 Å². The van der Waals surface area contributed by atoms with Gasteiger partial charge in [0.25, 0.3) is 0 Å². The molecular formula is C18H17ClN4O3. The molecule has 1 atom stereocenters. The zero-order chi connectivity index (χ0) is 18.7. The molecule has 0 aliphatic carbocycles. The molecular weight excluding hydrogens is 356 g/mol. The summed E-state index contributed by atoms with van der Waals surface area (Å²) in [4.78, 5) is 12.3. The normalized spacial score (nSPS) is 11.8. The molecule has 7 nitrogen and oxygen atoms in total. The molecule has 0 aliphatic rings. The lowest BCUT2D eigenvalue weighted by Crippen LogP contribution is -2.28. The highest BCUT2D eigenvalue weighted by atomic mass is 35.5. The van der Waals surface area contributed by atoms with Gasteiger partial charge < -0.3 is 9.47 Å². The molecule has 26 heavy (non-hydrogen) atoms. The number of halogens is 1. The fourth-order valence-corrected chi connectivity index (χ4v) is 2.48. The standard InChI is InChI=1S/C18H17ClN4O3/c1-11-8-16(9-12(2)17(11)19)25-13(3)18(24)26-15-6-4-14(5-7-15)23-10-20-21-22-23/h4-10,13H,1-3H3/t13-/m0/s1. The van der Waals surface area contributed by atoms with Crippen LogP contribution in [0.1, 0.15) is 18.1 Å². The van der Waals surface area contributed by atoms with Crippen molar-refractivity contribution in [2.75, 3.05) is 0 Å². The number of benzene rings is 2. The van der Waals surface area contributed by atoms with Crippen molar-refractivity contribution in [3.63, 3.8) is 0 Å². The van der Waals surface area contributed by atoms with Crippen LogP contribution in [0.3, 0.4) is 0 Å². The number of carbonyl (C=O) groups is 1. The molecule has 3 aromatic rings. The Morgan fingerprint density at radius 3 is 2.35 bits per heavy atom. The van der Waals surface area contributed by atoms with Crippen molar-refractivity contribution in [1.82, 2.24) is 20.2 Å². The Morgan fingerprint density at radius 1 is 1.12 bits per heavy atom. The molecule has 8 heteroatoms. The molecule has 0 spiro atoms. The molecule has 0 amide bonds. The van der Waals surface area contributed by atoms with Crippen LogP contribution in [-0.4, -0.2) is 32.3 Å². The van der Waals surface area contributed by atoms with Crippen LogP contribution in [0.4, 0.5) is 0 Å². The highest BCUT2D eigenvalue weighted by Crippen LogP contribution is 2.26. The first-order chi connectivity index (χ1) is 12.4. The van der Waals surface area contributed by atoms with Gasteiger partial charge in [-0.1, -0.05) is 11.6 Å². The molecule has 2 aromatic carbocycles. The Balaban J connectivity index is 1.64. The molecule has 0 saturated heterocycles. The van der Waals surface area contributed by atoms with E-state index in [1.54, 1.807) is 43.3 Å². The van der Waals surface area contributed by atoms with Crippen molar-refractivity contribution in [3.05, 3.63) is 58.9 Å². The van der Waals surface area contributed by atoms with Gasteiger partial charge in [0.1, 0.15) is 17.8 Å². The van der Waals surface area contributed by atoms with Crippen molar-refractivity contribution in [3.8, 4) is 17.2 Å². The minimum atomic E-state index is -0.769. The van der Waals surface area contributed by atoms with Gasteiger partial charge in [-0.15, -0.1) is 5.10 Å². The van der Waals surface area contributed by atoms with E-state index in [-0.39, 0.29) is 0 Å². The second-order valence-corrected chi connectivity index (χ2v) is 6.18. The maximum absolute atomic E-state index is 12.3. The average Bonchev–Trinajstić information content (AvgIpc) is 3.15. The van der Waals surface area contributed by atoms with Crippen molar-refractivity contribution >= 4 is 17.6 Å². The van der Waals surface area contributed by atoms with Gasteiger partial charge in [0.05, 0.1) is 5.69 Å². The largest absolute Gasteiger partial charge is 0.479 e. The third kappa shape index (κ3) is 4.00. The molecule has 0 unspecified atom stereocenters. The molecule has 0 N–H and O–H groups in total. The number of rotatable bonds is 5. The molecule has 1 heterocycles. The Labute approximate surface area is 155 Å². The van der Waals surface area contributed by atoms with Gasteiger partial charge in [-0.05, 0) is 78.7 Å². The average molecular weight is 373 g/mol. The van der Waals surface area contributed by atoms with Gasteiger partial charge in [-0.25, -0.2) is 9.48 Å². The quantitative estimate of drug-likeness (QED) is 0.505. The van der Waals surface area contributed by atoms with E-state index in [9.17, 15) is 4.79 Å². The third-order valence-electron chi connectivity index (χ3n) is 3.72. The topological polar surface area (TPSA) is 79.1 Å². The maximum atomic E-state index is 12.3. The summed E-state index contributed by atoms with van der Waals surface area (Å²) >= 11 is 6.14. The first kappa shape index (κ1) is 17.9. The molecule has 134 valence electrons. The molecule has 0 bridgehead atoms. The lowest BCUT2D eigenvalue weighted by molar-refractivity contribution is -0.141. The number of nitrogens with zero attached hydrogens (tertiary/aromatic N) is 4. The molecule has 0 radical (unpaired) electrons. The number of hydrogen-bond donors (Lipinski definition) is 0. The molecule has 0 fully saturated rings. The number of aromatic nitrogens is 4. The lowest BCUT2D eigenvalue weighted by Gasteiger charge is -2.15. The second kappa shape index (κ2) is 7.53. The van der Waals surface area contributed by atoms with Crippen LogP contribution in [0.25, 0.3) is 5.69 Å². The molecule has 1 aromatic heterocycles. The highest BCUT2D eigenvalue weighted by Gasteiger charge is 2.18. The Bertz CT molecular complexity index is 888. The number of carbonyl (C=O) groups excluding carboxylic acids is 1. The molecule has 0 aliphatic heterocycles. The Hall–Kier alpha value is -2.93. The van der Waals surface area contributed by atoms with Crippen molar-refractivity contribution in [2.45, 2.75) is 26.9 Å². The second-order valence-electron chi connectivity index (χ2n) is 5.80. The number of hydrogen-bond acceptors (Lipinski definition) is 6. The first-order valence-electron chi connectivity index (χ1n) is 7.92. The number of esters is 1. The van der Waals surface area contributed by atoms with E-state index in [1.807, 2.05) is 13.8 Å². The lowest BCUT2D eigenvalue weighted by atomic mass is 10.1. The summed E-state index contributed by atoms with van der Waals surface area (Å²) in [5.41, 5.74) is 2.53. The van der Waals surface area contributed by atoms with E-state index in [1.165, 1.54) is 11.0 Å². The monoisotopic (exact) mass is 372 g/mol. The van der Waals surface area contributed by atoms with Crippen molar-refractivity contribution in [2.24, 2.45) is 0 Å². The van der Waals surface area contributed by atoms with Gasteiger partial charge >= 0.3 is 5.97 Å². The van der Waals surface area contributed by atoms with Gasteiger partial charge in [0, 0.05) is 5.02 Å². The van der Waals surface area contributed by atoms with Crippen LogP contribution < -0.4 is 9.47 Å². The smallest absolute Gasteiger partial charge is 0.352 e. The van der Waals surface area contributed by atoms with Gasteiger partial charge in [-0.2, -0.15) is 0 Å². The number of aryl methyl sites for hydroxylation is 2. The zero-order valence-corrected chi connectivity index (χ0v) is 15.3. The Morgan fingerprint density at radius 2 is 1.77 bits per heavy atom. The minimum absolute atomic E-state index is 0.408. The van der Waals surface area contributed by atoms with Crippen LogP contribution in [0.5, 0.6) is 11.5 Å². The van der Waals surface area contributed by atoms with Crippen LogP contribution in [0.2, 0.25) is 5.02 Å². The van der Waals surface area contributed by atoms with E-state index in [2.05, 4.69) is 15.5 Å². The number of tetrazole rings is 1. The predicted octanol–water partition coefficient (Wildman–Crippen LogP) is 3.31.